The number of hydrogen-bond donors (Lipinski definition) is 1. The molecule has 0 radical (unpaired) electrons. The lowest BCUT2D eigenvalue weighted by atomic mass is 10.2. The zero-order valence-electron chi connectivity index (χ0n) is 13.9. The molecule has 8 heteroatoms. The van der Waals surface area contributed by atoms with Crippen LogP contribution in [0.25, 0.3) is 23.2 Å². The molecule has 1 saturated heterocycles. The Hall–Kier alpha value is -2.55. The lowest BCUT2D eigenvalue weighted by molar-refractivity contribution is -0.384. The summed E-state index contributed by atoms with van der Waals surface area (Å²) in [4.78, 5) is 13.3. The van der Waals surface area contributed by atoms with Gasteiger partial charge in [0.05, 0.1) is 0 Å². The summed E-state index contributed by atoms with van der Waals surface area (Å²) in [7, 11) is 0. The van der Waals surface area contributed by atoms with Gasteiger partial charge in [0.25, 0.3) is 0 Å². The van der Waals surface area contributed by atoms with Crippen LogP contribution in [0.4, 0.5) is 0 Å². The van der Waals surface area contributed by atoms with Gasteiger partial charge in [-0.25, -0.2) is 15.0 Å². The molecule has 8 nitrogen and oxygen atoms in total. The highest BCUT2D eigenvalue weighted by molar-refractivity contribution is 5.54. The molecule has 130 valence electrons. The minimum atomic E-state index is -0.529. The number of aromatic nitrogens is 3. The standard InChI is InChI=1S/C17H18N4O4/c1-9-4-3-5-11(19-9)15-20-12(8-22-15)16-21-14(13(25-16)6-7-18)17-23-10(2)24-17/h3-5,8,10,17H,6-7,18H2,1-2H3. The fraction of sp³-hybridized carbons (Fsp3) is 0.353. The van der Waals surface area contributed by atoms with Crippen LogP contribution in [0, 0.1) is 6.92 Å². The van der Waals surface area contributed by atoms with Crippen LogP contribution in [0.5, 0.6) is 0 Å². The Labute approximate surface area is 144 Å². The molecule has 4 rings (SSSR count). The molecule has 0 spiro atoms. The summed E-state index contributed by atoms with van der Waals surface area (Å²) in [6.45, 7) is 4.16. The smallest absolute Gasteiger partial charge is 0.249 e. The van der Waals surface area contributed by atoms with Gasteiger partial charge in [-0.1, -0.05) is 6.07 Å². The Morgan fingerprint density at radius 3 is 2.64 bits per heavy atom. The van der Waals surface area contributed by atoms with Gasteiger partial charge in [0.1, 0.15) is 23.4 Å². The Bertz CT molecular complexity index is 882. The minimum Gasteiger partial charge on any atom is -0.442 e. The molecule has 0 aliphatic carbocycles. The van der Waals surface area contributed by atoms with Crippen molar-refractivity contribution in [3.8, 4) is 23.2 Å². The van der Waals surface area contributed by atoms with Crippen molar-refractivity contribution in [3.05, 3.63) is 41.6 Å². The quantitative estimate of drug-likeness (QED) is 0.753. The molecular weight excluding hydrogens is 324 g/mol. The number of aryl methyl sites for hydroxylation is 1. The molecule has 0 unspecified atom stereocenters. The van der Waals surface area contributed by atoms with Gasteiger partial charge in [0, 0.05) is 12.1 Å². The highest BCUT2D eigenvalue weighted by Gasteiger charge is 2.34. The summed E-state index contributed by atoms with van der Waals surface area (Å²) in [5, 5.41) is 0. The summed E-state index contributed by atoms with van der Waals surface area (Å²) in [5.74, 6) is 1.38. The maximum absolute atomic E-state index is 5.81. The third-order valence-electron chi connectivity index (χ3n) is 3.78. The van der Waals surface area contributed by atoms with Gasteiger partial charge in [0.2, 0.25) is 18.1 Å². The molecule has 0 atom stereocenters. The highest BCUT2D eigenvalue weighted by atomic mass is 16.9. The SMILES string of the molecule is Cc1cccc(-c2nc(-c3nc(C4OC(C)O4)c(CCN)o3)co2)n1. The van der Waals surface area contributed by atoms with Crippen LogP contribution in [0.2, 0.25) is 0 Å². The van der Waals surface area contributed by atoms with E-state index in [1.165, 1.54) is 6.26 Å². The second-order valence-electron chi connectivity index (χ2n) is 5.74. The number of ether oxygens (including phenoxy) is 2. The zero-order chi connectivity index (χ0) is 17.4. The molecule has 3 aromatic rings. The Kier molecular flexibility index (Phi) is 4.08. The zero-order valence-corrected chi connectivity index (χ0v) is 13.9. The highest BCUT2D eigenvalue weighted by Crippen LogP contribution is 2.35. The van der Waals surface area contributed by atoms with E-state index in [-0.39, 0.29) is 6.29 Å². The third kappa shape index (κ3) is 3.07. The molecule has 0 saturated carbocycles. The van der Waals surface area contributed by atoms with E-state index in [0.717, 1.165) is 5.69 Å². The third-order valence-corrected chi connectivity index (χ3v) is 3.78. The number of nitrogens with two attached hydrogens (primary N) is 1. The average molecular weight is 342 g/mol. The molecule has 0 bridgehead atoms. The van der Waals surface area contributed by atoms with Crippen LogP contribution >= 0.6 is 0 Å². The molecule has 25 heavy (non-hydrogen) atoms. The molecule has 1 aliphatic rings. The minimum absolute atomic E-state index is 0.248. The molecule has 1 fully saturated rings. The lowest BCUT2D eigenvalue weighted by Crippen LogP contribution is -2.32. The first-order valence-corrected chi connectivity index (χ1v) is 8.04. The Morgan fingerprint density at radius 2 is 1.92 bits per heavy atom. The molecule has 0 aromatic carbocycles. The maximum Gasteiger partial charge on any atom is 0.249 e. The number of nitrogens with zero attached hydrogens (tertiary/aromatic N) is 3. The largest absolute Gasteiger partial charge is 0.442 e. The second kappa shape index (κ2) is 6.40. The summed E-state index contributed by atoms with van der Waals surface area (Å²) in [6.07, 6.45) is 1.25. The van der Waals surface area contributed by atoms with Crippen molar-refractivity contribution in [1.82, 2.24) is 15.0 Å². The van der Waals surface area contributed by atoms with Crippen LogP contribution < -0.4 is 5.73 Å². The molecular formula is C17H18N4O4. The van der Waals surface area contributed by atoms with E-state index in [0.29, 0.717) is 47.6 Å². The summed E-state index contributed by atoms with van der Waals surface area (Å²) in [5.41, 5.74) is 8.26. The predicted octanol–water partition coefficient (Wildman–Crippen LogP) is 2.59. The van der Waals surface area contributed by atoms with Crippen molar-refractivity contribution < 1.29 is 18.3 Å². The first-order valence-electron chi connectivity index (χ1n) is 8.04. The Balaban J connectivity index is 1.65. The second-order valence-corrected chi connectivity index (χ2v) is 5.74. The molecule has 3 aromatic heterocycles. The van der Waals surface area contributed by atoms with E-state index >= 15 is 0 Å². The Morgan fingerprint density at radius 1 is 1.08 bits per heavy atom. The number of pyridine rings is 1. The van der Waals surface area contributed by atoms with Gasteiger partial charge in [-0.15, -0.1) is 0 Å². The number of oxazole rings is 2. The van der Waals surface area contributed by atoms with Gasteiger partial charge in [-0.2, -0.15) is 0 Å². The van der Waals surface area contributed by atoms with E-state index in [1.54, 1.807) is 0 Å². The van der Waals surface area contributed by atoms with E-state index in [4.69, 9.17) is 24.0 Å². The molecule has 1 aliphatic heterocycles. The van der Waals surface area contributed by atoms with Crippen LogP contribution in [-0.4, -0.2) is 27.8 Å². The normalized spacial score (nSPS) is 19.8. The van der Waals surface area contributed by atoms with Crippen LogP contribution in [0.3, 0.4) is 0 Å². The van der Waals surface area contributed by atoms with Crippen LogP contribution in [0.15, 0.2) is 33.3 Å². The monoisotopic (exact) mass is 342 g/mol. The average Bonchev–Trinajstić information content (AvgIpc) is 3.19. The van der Waals surface area contributed by atoms with E-state index in [9.17, 15) is 0 Å². The van der Waals surface area contributed by atoms with Crippen LogP contribution in [0.1, 0.15) is 30.4 Å². The maximum atomic E-state index is 5.81. The fourth-order valence-electron chi connectivity index (χ4n) is 2.61. The van der Waals surface area contributed by atoms with E-state index in [2.05, 4.69) is 15.0 Å². The van der Waals surface area contributed by atoms with Crippen molar-refractivity contribution in [3.63, 3.8) is 0 Å². The first-order chi connectivity index (χ1) is 12.1. The van der Waals surface area contributed by atoms with Gasteiger partial charge < -0.3 is 24.0 Å². The number of rotatable bonds is 5. The van der Waals surface area contributed by atoms with Gasteiger partial charge in [-0.05, 0) is 32.5 Å². The van der Waals surface area contributed by atoms with Gasteiger partial charge in [-0.3, -0.25) is 0 Å². The van der Waals surface area contributed by atoms with Gasteiger partial charge >= 0.3 is 0 Å². The van der Waals surface area contributed by atoms with Crippen molar-refractivity contribution in [1.29, 1.82) is 0 Å². The van der Waals surface area contributed by atoms with Crippen molar-refractivity contribution in [2.45, 2.75) is 32.8 Å². The summed E-state index contributed by atoms with van der Waals surface area (Å²) in [6, 6.07) is 5.64. The van der Waals surface area contributed by atoms with E-state index in [1.807, 2.05) is 32.0 Å². The number of hydrogen-bond acceptors (Lipinski definition) is 8. The van der Waals surface area contributed by atoms with Crippen molar-refractivity contribution >= 4 is 0 Å². The van der Waals surface area contributed by atoms with Crippen LogP contribution in [-0.2, 0) is 15.9 Å². The summed E-state index contributed by atoms with van der Waals surface area (Å²) >= 11 is 0. The topological polar surface area (TPSA) is 109 Å². The summed E-state index contributed by atoms with van der Waals surface area (Å²) < 4.78 is 22.4. The lowest BCUT2D eigenvalue weighted by Gasteiger charge is -2.32. The molecule has 2 N–H and O–H groups in total. The van der Waals surface area contributed by atoms with Crippen molar-refractivity contribution in [2.24, 2.45) is 5.73 Å². The molecule has 0 amide bonds. The first kappa shape index (κ1) is 15.9. The van der Waals surface area contributed by atoms with Gasteiger partial charge in [0.15, 0.2) is 12.0 Å². The fourth-order valence-corrected chi connectivity index (χ4v) is 2.61. The predicted molar refractivity (Wildman–Crippen MR) is 87.1 cm³/mol. The van der Waals surface area contributed by atoms with E-state index < -0.39 is 6.29 Å². The van der Waals surface area contributed by atoms with Crippen molar-refractivity contribution in [2.75, 3.05) is 6.54 Å². The molecule has 4 heterocycles.